The fourth-order valence-corrected chi connectivity index (χ4v) is 2.40. The van der Waals surface area contributed by atoms with E-state index in [9.17, 15) is 4.79 Å². The first-order valence-corrected chi connectivity index (χ1v) is 7.29. The minimum atomic E-state index is 0.0101. The number of hydrogen-bond acceptors (Lipinski definition) is 3. The number of para-hydroxylation sites is 1. The summed E-state index contributed by atoms with van der Waals surface area (Å²) in [6.45, 7) is 1.83. The molecule has 0 fully saturated rings. The van der Waals surface area contributed by atoms with Crippen LogP contribution in [-0.2, 0) is 6.61 Å². The Morgan fingerprint density at radius 2 is 1.95 bits per heavy atom. The molecule has 0 atom stereocenters. The molecule has 3 nitrogen and oxygen atoms in total. The third kappa shape index (κ3) is 3.10. The van der Waals surface area contributed by atoms with Crippen molar-refractivity contribution in [1.82, 2.24) is 4.98 Å². The summed E-state index contributed by atoms with van der Waals surface area (Å²) >= 11 is 6.21. The normalized spacial score (nSPS) is 10.6. The molecule has 1 aromatic heterocycles. The molecule has 4 heteroatoms. The van der Waals surface area contributed by atoms with E-state index in [4.69, 9.17) is 16.3 Å². The molecule has 0 saturated carbocycles. The molecule has 0 radical (unpaired) electrons. The number of benzene rings is 2. The van der Waals surface area contributed by atoms with Crippen molar-refractivity contribution in [2.24, 2.45) is 0 Å². The van der Waals surface area contributed by atoms with Crippen molar-refractivity contribution in [2.75, 3.05) is 0 Å². The molecule has 0 unspecified atom stereocenters. The van der Waals surface area contributed by atoms with Crippen LogP contribution in [0.1, 0.15) is 22.8 Å². The second-order valence-electron chi connectivity index (χ2n) is 5.00. The van der Waals surface area contributed by atoms with Crippen LogP contribution < -0.4 is 4.74 Å². The van der Waals surface area contributed by atoms with Crippen molar-refractivity contribution in [1.29, 1.82) is 0 Å². The molecule has 110 valence electrons. The molecule has 3 rings (SSSR count). The van der Waals surface area contributed by atoms with Crippen LogP contribution in [0.25, 0.3) is 10.9 Å². The number of ether oxygens (including phenoxy) is 1. The summed E-state index contributed by atoms with van der Waals surface area (Å²) in [5.41, 5.74) is 2.30. The first-order chi connectivity index (χ1) is 10.6. The van der Waals surface area contributed by atoms with Gasteiger partial charge in [0.05, 0.1) is 5.52 Å². The summed E-state index contributed by atoms with van der Waals surface area (Å²) in [5, 5.41) is 1.45. The topological polar surface area (TPSA) is 39.2 Å². The molecule has 0 aliphatic carbocycles. The van der Waals surface area contributed by atoms with Crippen LogP contribution in [0.4, 0.5) is 0 Å². The molecule has 0 aliphatic rings. The Morgan fingerprint density at radius 3 is 2.77 bits per heavy atom. The largest absolute Gasteiger partial charge is 0.489 e. The van der Waals surface area contributed by atoms with Crippen molar-refractivity contribution in [3.05, 3.63) is 70.9 Å². The minimum absolute atomic E-state index is 0.0101. The third-order valence-corrected chi connectivity index (χ3v) is 3.71. The lowest BCUT2D eigenvalue weighted by Gasteiger charge is -2.09. The lowest BCUT2D eigenvalue weighted by Crippen LogP contribution is -1.99. The maximum absolute atomic E-state index is 11.4. The molecule has 0 aliphatic heterocycles. The predicted molar refractivity (Wildman–Crippen MR) is 87.5 cm³/mol. The zero-order chi connectivity index (χ0) is 15.5. The SMILES string of the molecule is CC(=O)c1cccc(OCc2cc3ccccc3nc2Cl)c1. The van der Waals surface area contributed by atoms with Crippen LogP contribution in [0.3, 0.4) is 0 Å². The average molecular weight is 312 g/mol. The van der Waals surface area contributed by atoms with Crippen molar-refractivity contribution in [2.45, 2.75) is 13.5 Å². The number of rotatable bonds is 4. The highest BCUT2D eigenvalue weighted by atomic mass is 35.5. The van der Waals surface area contributed by atoms with Gasteiger partial charge in [-0.15, -0.1) is 0 Å². The maximum atomic E-state index is 11.4. The number of Topliss-reactive ketones (excluding diaryl/α,β-unsaturated/α-hetero) is 1. The molecule has 0 bridgehead atoms. The molecule has 0 saturated heterocycles. The Balaban J connectivity index is 1.83. The molecule has 0 spiro atoms. The molecule has 2 aromatic carbocycles. The summed E-state index contributed by atoms with van der Waals surface area (Å²) in [6.07, 6.45) is 0. The zero-order valence-corrected chi connectivity index (χ0v) is 12.8. The van der Waals surface area contributed by atoms with Gasteiger partial charge in [0, 0.05) is 16.5 Å². The average Bonchev–Trinajstić information content (AvgIpc) is 2.53. The van der Waals surface area contributed by atoms with Gasteiger partial charge in [-0.25, -0.2) is 4.98 Å². The number of hydrogen-bond donors (Lipinski definition) is 0. The second-order valence-corrected chi connectivity index (χ2v) is 5.36. The van der Waals surface area contributed by atoms with Gasteiger partial charge in [0.1, 0.15) is 17.5 Å². The molecule has 0 amide bonds. The number of carbonyl (C=O) groups excluding carboxylic acids is 1. The van der Waals surface area contributed by atoms with Crippen molar-refractivity contribution in [3.8, 4) is 5.75 Å². The first kappa shape index (κ1) is 14.5. The van der Waals surface area contributed by atoms with E-state index in [1.807, 2.05) is 36.4 Å². The Labute approximate surface area is 133 Å². The number of halogens is 1. The Hall–Kier alpha value is -2.39. The quantitative estimate of drug-likeness (QED) is 0.519. The second kappa shape index (κ2) is 6.16. The van der Waals surface area contributed by atoms with E-state index in [-0.39, 0.29) is 5.78 Å². The van der Waals surface area contributed by atoms with Gasteiger partial charge in [0.2, 0.25) is 0 Å². The third-order valence-electron chi connectivity index (χ3n) is 3.38. The molecule has 22 heavy (non-hydrogen) atoms. The van der Waals surface area contributed by atoms with Gasteiger partial charge in [-0.2, -0.15) is 0 Å². The Bertz CT molecular complexity index is 845. The summed E-state index contributed by atoms with van der Waals surface area (Å²) in [5.74, 6) is 0.646. The van der Waals surface area contributed by atoms with Gasteiger partial charge in [0.15, 0.2) is 5.78 Å². The van der Waals surface area contributed by atoms with Gasteiger partial charge < -0.3 is 4.74 Å². The van der Waals surface area contributed by atoms with E-state index < -0.39 is 0 Å². The van der Waals surface area contributed by atoms with Crippen LogP contribution in [-0.4, -0.2) is 10.8 Å². The van der Waals surface area contributed by atoms with Gasteiger partial charge in [-0.1, -0.05) is 41.9 Å². The van der Waals surface area contributed by atoms with Gasteiger partial charge >= 0.3 is 0 Å². The summed E-state index contributed by atoms with van der Waals surface area (Å²) < 4.78 is 5.74. The van der Waals surface area contributed by atoms with Crippen molar-refractivity contribution >= 4 is 28.3 Å². The summed E-state index contributed by atoms with van der Waals surface area (Å²) in [6, 6.07) is 16.9. The van der Waals surface area contributed by atoms with Crippen LogP contribution in [0.2, 0.25) is 5.15 Å². The minimum Gasteiger partial charge on any atom is -0.489 e. The van der Waals surface area contributed by atoms with E-state index in [1.54, 1.807) is 18.2 Å². The molecule has 1 heterocycles. The van der Waals surface area contributed by atoms with E-state index in [1.165, 1.54) is 6.92 Å². The lowest BCUT2D eigenvalue weighted by atomic mass is 10.1. The van der Waals surface area contributed by atoms with Crippen LogP contribution in [0.5, 0.6) is 5.75 Å². The summed E-state index contributed by atoms with van der Waals surface area (Å²) in [7, 11) is 0. The fraction of sp³-hybridized carbons (Fsp3) is 0.111. The van der Waals surface area contributed by atoms with Crippen molar-refractivity contribution in [3.63, 3.8) is 0 Å². The van der Waals surface area contributed by atoms with Gasteiger partial charge in [-0.3, -0.25) is 4.79 Å². The van der Waals surface area contributed by atoms with Crippen LogP contribution in [0, 0.1) is 0 Å². The maximum Gasteiger partial charge on any atom is 0.159 e. The highest BCUT2D eigenvalue weighted by Crippen LogP contribution is 2.22. The van der Waals surface area contributed by atoms with Crippen molar-refractivity contribution < 1.29 is 9.53 Å². The monoisotopic (exact) mass is 311 g/mol. The zero-order valence-electron chi connectivity index (χ0n) is 12.0. The Morgan fingerprint density at radius 1 is 1.14 bits per heavy atom. The number of aromatic nitrogens is 1. The number of pyridine rings is 1. The number of carbonyl (C=O) groups is 1. The van der Waals surface area contributed by atoms with Gasteiger partial charge in [0.25, 0.3) is 0 Å². The number of nitrogens with zero attached hydrogens (tertiary/aromatic N) is 1. The lowest BCUT2D eigenvalue weighted by molar-refractivity contribution is 0.101. The standard InChI is InChI=1S/C18H14ClNO2/c1-12(21)13-6-4-7-16(10-13)22-11-15-9-14-5-2-3-8-17(14)20-18(15)19/h2-10H,11H2,1H3. The van der Waals surface area contributed by atoms with E-state index in [2.05, 4.69) is 4.98 Å². The molecule has 3 aromatic rings. The van der Waals surface area contributed by atoms with E-state index >= 15 is 0 Å². The van der Waals surface area contributed by atoms with E-state index in [0.29, 0.717) is 23.1 Å². The fourth-order valence-electron chi connectivity index (χ4n) is 2.20. The molecule has 0 N–H and O–H groups in total. The number of fused-ring (bicyclic) bond motifs is 1. The van der Waals surface area contributed by atoms with Crippen LogP contribution in [0.15, 0.2) is 54.6 Å². The highest BCUT2D eigenvalue weighted by molar-refractivity contribution is 6.30. The summed E-state index contributed by atoms with van der Waals surface area (Å²) in [4.78, 5) is 15.8. The first-order valence-electron chi connectivity index (χ1n) is 6.91. The predicted octanol–water partition coefficient (Wildman–Crippen LogP) is 4.67. The Kier molecular flexibility index (Phi) is 4.07. The highest BCUT2D eigenvalue weighted by Gasteiger charge is 2.07. The number of ketones is 1. The smallest absolute Gasteiger partial charge is 0.159 e. The van der Waals surface area contributed by atoms with Gasteiger partial charge in [-0.05, 0) is 31.2 Å². The van der Waals surface area contributed by atoms with Crippen LogP contribution >= 0.6 is 11.6 Å². The molecular formula is C18H14ClNO2. The van der Waals surface area contributed by atoms with E-state index in [0.717, 1.165) is 16.5 Å². The molecular weight excluding hydrogens is 298 g/mol.